The van der Waals surface area contributed by atoms with Crippen molar-refractivity contribution in [2.24, 2.45) is 34.3 Å². The van der Waals surface area contributed by atoms with Gasteiger partial charge in [0.25, 0.3) is 0 Å². The van der Waals surface area contributed by atoms with E-state index in [1.165, 1.54) is 4.90 Å². The highest BCUT2D eigenvalue weighted by molar-refractivity contribution is 5.95. The molecule has 6 N–H and O–H groups in total. The third kappa shape index (κ3) is 5.23. The molecular formula is C24H39N5O6. The SMILES string of the molecule is CC1(C)C[C@@H](C[C@H](NC(=O)[C@@H]2[C@@H]3[C@H](CN2C(=O)[C@@H](NC(=O)O)C(C)(C)C)C3(C)C)C(N)=O)C(=O)N1. The fourth-order valence-corrected chi connectivity index (χ4v) is 5.92. The molecule has 3 aliphatic rings. The number of rotatable bonds is 7. The summed E-state index contributed by atoms with van der Waals surface area (Å²) >= 11 is 0. The van der Waals surface area contributed by atoms with Crippen LogP contribution in [0.1, 0.15) is 61.3 Å². The molecule has 3 fully saturated rings. The molecule has 2 saturated heterocycles. The third-order valence-corrected chi connectivity index (χ3v) is 7.91. The number of nitrogens with one attached hydrogen (secondary N) is 3. The maximum absolute atomic E-state index is 13.5. The normalized spacial score (nSPS) is 30.0. The second-order valence-electron chi connectivity index (χ2n) is 12.6. The average Bonchev–Trinajstić information content (AvgIpc) is 3.00. The second kappa shape index (κ2) is 8.67. The van der Waals surface area contributed by atoms with E-state index in [1.54, 1.807) is 20.8 Å². The molecule has 1 saturated carbocycles. The summed E-state index contributed by atoms with van der Waals surface area (Å²) in [5.74, 6) is -2.45. The molecule has 5 amide bonds. The van der Waals surface area contributed by atoms with Crippen LogP contribution in [0.5, 0.6) is 0 Å². The molecule has 0 unspecified atom stereocenters. The van der Waals surface area contributed by atoms with E-state index < -0.39 is 58.8 Å². The van der Waals surface area contributed by atoms with Gasteiger partial charge in [0.1, 0.15) is 18.1 Å². The van der Waals surface area contributed by atoms with E-state index in [9.17, 15) is 29.1 Å². The van der Waals surface area contributed by atoms with Gasteiger partial charge in [-0.25, -0.2) is 4.79 Å². The quantitative estimate of drug-likeness (QED) is 0.344. The second-order valence-corrected chi connectivity index (χ2v) is 12.6. The maximum atomic E-state index is 13.5. The summed E-state index contributed by atoms with van der Waals surface area (Å²) in [5.41, 5.74) is 4.28. The number of fused-ring (bicyclic) bond motifs is 1. The van der Waals surface area contributed by atoms with Crippen molar-refractivity contribution >= 4 is 29.7 Å². The summed E-state index contributed by atoms with van der Waals surface area (Å²) in [6.07, 6.45) is -0.749. The van der Waals surface area contributed by atoms with Gasteiger partial charge in [0.2, 0.25) is 23.6 Å². The van der Waals surface area contributed by atoms with E-state index in [-0.39, 0.29) is 29.6 Å². The van der Waals surface area contributed by atoms with Crippen LogP contribution >= 0.6 is 0 Å². The standard InChI is InChI=1S/C24H39N5O6/c1-22(2,3)16(27-21(34)35)20(33)29-10-12-14(24(12,6)7)15(29)19(32)26-13(17(25)30)8-11-9-23(4,5)28-18(11)31/h11-16,27H,8-10H2,1-7H3,(H2,25,30)(H,26,32)(H,28,31)(H,34,35)/t11-,12+,13+,14+,15+,16-/m1/s1. The Morgan fingerprint density at radius 1 is 1.17 bits per heavy atom. The van der Waals surface area contributed by atoms with Crippen molar-refractivity contribution in [3.63, 3.8) is 0 Å². The van der Waals surface area contributed by atoms with Crippen LogP contribution in [0.2, 0.25) is 0 Å². The first-order valence-electron chi connectivity index (χ1n) is 12.1. The van der Waals surface area contributed by atoms with Crippen molar-refractivity contribution in [3.8, 4) is 0 Å². The zero-order valence-electron chi connectivity index (χ0n) is 21.6. The number of primary amides is 1. The summed E-state index contributed by atoms with van der Waals surface area (Å²) in [4.78, 5) is 64.4. The molecule has 2 aliphatic heterocycles. The van der Waals surface area contributed by atoms with Crippen LogP contribution < -0.4 is 21.7 Å². The highest BCUT2D eigenvalue weighted by Crippen LogP contribution is 2.65. The van der Waals surface area contributed by atoms with Crippen molar-refractivity contribution in [3.05, 3.63) is 0 Å². The van der Waals surface area contributed by atoms with Gasteiger partial charge >= 0.3 is 6.09 Å². The molecule has 0 spiro atoms. The van der Waals surface area contributed by atoms with Gasteiger partial charge in [-0.05, 0) is 49.4 Å². The number of nitrogens with zero attached hydrogens (tertiary/aromatic N) is 1. The Labute approximate surface area is 205 Å². The Morgan fingerprint density at radius 3 is 2.23 bits per heavy atom. The lowest BCUT2D eigenvalue weighted by molar-refractivity contribution is -0.144. The van der Waals surface area contributed by atoms with Crippen LogP contribution in [-0.2, 0) is 19.2 Å². The van der Waals surface area contributed by atoms with E-state index in [0.717, 1.165) is 0 Å². The molecule has 6 atom stereocenters. The van der Waals surface area contributed by atoms with Crippen LogP contribution in [0, 0.1) is 28.6 Å². The predicted octanol–water partition coefficient (Wildman–Crippen LogP) is 0.427. The van der Waals surface area contributed by atoms with Gasteiger partial charge in [-0.15, -0.1) is 0 Å². The van der Waals surface area contributed by atoms with Crippen LogP contribution in [0.25, 0.3) is 0 Å². The number of piperidine rings is 1. The number of carboxylic acid groups (broad SMARTS) is 1. The van der Waals surface area contributed by atoms with Gasteiger partial charge in [0.15, 0.2) is 0 Å². The molecule has 0 aromatic carbocycles. The number of hydrogen-bond acceptors (Lipinski definition) is 5. The number of hydrogen-bond donors (Lipinski definition) is 5. The van der Waals surface area contributed by atoms with Crippen molar-refractivity contribution in [1.29, 1.82) is 0 Å². The van der Waals surface area contributed by atoms with Gasteiger partial charge in [-0.2, -0.15) is 0 Å². The Bertz CT molecular complexity index is 939. The number of amides is 5. The van der Waals surface area contributed by atoms with E-state index in [0.29, 0.717) is 13.0 Å². The summed E-state index contributed by atoms with van der Waals surface area (Å²) < 4.78 is 0. The van der Waals surface area contributed by atoms with Crippen LogP contribution in [0.4, 0.5) is 4.79 Å². The van der Waals surface area contributed by atoms with E-state index in [2.05, 4.69) is 16.0 Å². The van der Waals surface area contributed by atoms with E-state index >= 15 is 0 Å². The molecule has 3 rings (SSSR count). The van der Waals surface area contributed by atoms with Crippen molar-refractivity contribution in [2.45, 2.75) is 85.0 Å². The van der Waals surface area contributed by atoms with Gasteiger partial charge in [0.05, 0.1) is 0 Å². The Hall–Kier alpha value is -2.85. The smallest absolute Gasteiger partial charge is 0.405 e. The van der Waals surface area contributed by atoms with E-state index in [1.807, 2.05) is 27.7 Å². The molecule has 11 heteroatoms. The minimum atomic E-state index is -1.32. The first-order valence-corrected chi connectivity index (χ1v) is 12.1. The Balaban J connectivity index is 1.81. The number of carbonyl (C=O) groups is 5. The molecule has 0 bridgehead atoms. The topological polar surface area (TPSA) is 171 Å². The maximum Gasteiger partial charge on any atom is 0.405 e. The third-order valence-electron chi connectivity index (χ3n) is 7.91. The van der Waals surface area contributed by atoms with Crippen LogP contribution in [-0.4, -0.2) is 69.9 Å². The molecule has 2 heterocycles. The molecular weight excluding hydrogens is 454 g/mol. The zero-order valence-corrected chi connectivity index (χ0v) is 21.6. The number of nitrogens with two attached hydrogens (primary N) is 1. The van der Waals surface area contributed by atoms with Crippen LogP contribution in [0.15, 0.2) is 0 Å². The van der Waals surface area contributed by atoms with Crippen LogP contribution in [0.3, 0.4) is 0 Å². The molecule has 0 aromatic rings. The summed E-state index contributed by atoms with van der Waals surface area (Å²) in [6, 6.07) is -2.98. The molecule has 1 aliphatic carbocycles. The van der Waals surface area contributed by atoms with Gasteiger partial charge in [-0.1, -0.05) is 34.6 Å². The fourth-order valence-electron chi connectivity index (χ4n) is 5.92. The largest absolute Gasteiger partial charge is 0.465 e. The Kier molecular flexibility index (Phi) is 6.63. The highest BCUT2D eigenvalue weighted by Gasteiger charge is 2.69. The van der Waals surface area contributed by atoms with Crippen molar-refractivity contribution in [1.82, 2.24) is 20.9 Å². The highest BCUT2D eigenvalue weighted by atomic mass is 16.4. The average molecular weight is 494 g/mol. The number of carbonyl (C=O) groups excluding carboxylic acids is 4. The van der Waals surface area contributed by atoms with Crippen molar-refractivity contribution in [2.75, 3.05) is 6.54 Å². The van der Waals surface area contributed by atoms with Gasteiger partial charge in [0, 0.05) is 18.0 Å². The number of likely N-dealkylation sites (tertiary alicyclic amines) is 1. The fraction of sp³-hybridized carbons (Fsp3) is 0.792. The molecule has 196 valence electrons. The Morgan fingerprint density at radius 2 is 1.77 bits per heavy atom. The summed E-state index contributed by atoms with van der Waals surface area (Å²) in [5, 5.41) is 17.2. The predicted molar refractivity (Wildman–Crippen MR) is 127 cm³/mol. The first-order chi connectivity index (χ1) is 15.9. The van der Waals surface area contributed by atoms with Gasteiger partial charge in [-0.3, -0.25) is 19.2 Å². The minimum Gasteiger partial charge on any atom is -0.465 e. The monoisotopic (exact) mass is 493 g/mol. The first kappa shape index (κ1) is 26.7. The summed E-state index contributed by atoms with van der Waals surface area (Å²) in [6.45, 7) is 13.4. The van der Waals surface area contributed by atoms with E-state index in [4.69, 9.17) is 5.73 Å². The molecule has 11 nitrogen and oxygen atoms in total. The lowest BCUT2D eigenvalue weighted by Crippen LogP contribution is -2.60. The molecule has 35 heavy (non-hydrogen) atoms. The minimum absolute atomic E-state index is 0.0691. The van der Waals surface area contributed by atoms with Gasteiger partial charge < -0.3 is 31.7 Å². The molecule has 0 radical (unpaired) electrons. The zero-order chi connectivity index (χ0) is 26.7. The molecule has 0 aromatic heterocycles. The van der Waals surface area contributed by atoms with Crippen molar-refractivity contribution < 1.29 is 29.1 Å². The summed E-state index contributed by atoms with van der Waals surface area (Å²) in [7, 11) is 0. The lowest BCUT2D eigenvalue weighted by atomic mass is 9.85. The lowest BCUT2D eigenvalue weighted by Gasteiger charge is -2.37.